The molecule has 0 spiro atoms. The lowest BCUT2D eigenvalue weighted by atomic mass is 9.71. The van der Waals surface area contributed by atoms with E-state index in [9.17, 15) is 53.5 Å². The van der Waals surface area contributed by atoms with Gasteiger partial charge in [0.15, 0.2) is 0 Å². The summed E-state index contributed by atoms with van der Waals surface area (Å²) < 4.78 is 158. The number of anilines is 1. The van der Waals surface area contributed by atoms with Gasteiger partial charge in [0.05, 0.1) is 7.11 Å². The number of carbonyl (C=O) groups is 2. The first-order chi connectivity index (χ1) is 16.2. The van der Waals surface area contributed by atoms with Crippen molar-refractivity contribution in [3.63, 3.8) is 0 Å². The van der Waals surface area contributed by atoms with Gasteiger partial charge in [0.2, 0.25) is 0 Å². The SMILES string of the molecule is COC(=O)c1c(-c2ccc(C)cc2)csc1NC(=O)C1(F)C(F)(F)C(F)(F)C(F)(F)C(F)(F)C1(F)F. The fraction of sp³-hybridized carbons (Fsp3) is 0.400. The quantitative estimate of drug-likeness (QED) is 0.354. The maximum Gasteiger partial charge on any atom is 0.384 e. The van der Waals surface area contributed by atoms with E-state index in [-0.39, 0.29) is 22.5 Å². The van der Waals surface area contributed by atoms with Crippen LogP contribution in [0.4, 0.5) is 53.3 Å². The van der Waals surface area contributed by atoms with Crippen molar-refractivity contribution < 1.29 is 62.6 Å². The van der Waals surface area contributed by atoms with Crippen LogP contribution in [0.15, 0.2) is 29.6 Å². The van der Waals surface area contributed by atoms with E-state index in [1.54, 1.807) is 6.92 Å². The van der Waals surface area contributed by atoms with Gasteiger partial charge < -0.3 is 10.1 Å². The number of amides is 1. The summed E-state index contributed by atoms with van der Waals surface area (Å²) in [6.07, 6.45) is 0. The monoisotopic (exact) mass is 555 g/mol. The minimum atomic E-state index is -7.46. The number of thiophene rings is 1. The van der Waals surface area contributed by atoms with Crippen molar-refractivity contribution in [2.45, 2.75) is 42.2 Å². The van der Waals surface area contributed by atoms with Crippen LogP contribution in [-0.2, 0) is 9.53 Å². The van der Waals surface area contributed by atoms with Crippen LogP contribution >= 0.6 is 11.3 Å². The molecule has 0 atom stereocenters. The summed E-state index contributed by atoms with van der Waals surface area (Å²) >= 11 is 0.197. The molecule has 16 heteroatoms. The van der Waals surface area contributed by atoms with Crippen molar-refractivity contribution in [1.29, 1.82) is 0 Å². The molecular formula is C20H12F11NO3S. The second-order valence-corrected chi connectivity index (χ2v) is 8.58. The van der Waals surface area contributed by atoms with Crippen molar-refractivity contribution in [2.24, 2.45) is 0 Å². The average molecular weight is 555 g/mol. The zero-order chi connectivity index (χ0) is 27.7. The third kappa shape index (κ3) is 3.18. The number of alkyl halides is 11. The Kier molecular flexibility index (Phi) is 6.18. The highest BCUT2D eigenvalue weighted by molar-refractivity contribution is 7.15. The fourth-order valence-corrected chi connectivity index (χ4v) is 4.35. The Morgan fingerprint density at radius 3 is 1.67 bits per heavy atom. The summed E-state index contributed by atoms with van der Waals surface area (Å²) in [5, 5.41) is 0.957. The van der Waals surface area contributed by atoms with E-state index in [0.29, 0.717) is 0 Å². The van der Waals surface area contributed by atoms with E-state index in [1.807, 2.05) is 0 Å². The fourth-order valence-electron chi connectivity index (χ4n) is 3.40. The summed E-state index contributed by atoms with van der Waals surface area (Å²) in [6.45, 7) is 1.67. The molecule has 3 rings (SSSR count). The molecule has 1 aliphatic rings. The molecule has 1 heterocycles. The Balaban J connectivity index is 2.17. The highest BCUT2D eigenvalue weighted by Gasteiger charge is 3.02. The topological polar surface area (TPSA) is 55.4 Å². The molecule has 1 fully saturated rings. The Hall–Kier alpha value is -2.91. The molecular weight excluding hydrogens is 543 g/mol. The van der Waals surface area contributed by atoms with Gasteiger partial charge in [-0.25, -0.2) is 9.18 Å². The smallest absolute Gasteiger partial charge is 0.384 e. The van der Waals surface area contributed by atoms with Crippen molar-refractivity contribution in [2.75, 3.05) is 12.4 Å². The second-order valence-electron chi connectivity index (χ2n) is 7.70. The minimum absolute atomic E-state index is 0.139. The van der Waals surface area contributed by atoms with Crippen LogP contribution in [0.25, 0.3) is 11.1 Å². The molecule has 1 N–H and O–H groups in total. The molecule has 0 aliphatic heterocycles. The normalized spacial score (nSPS) is 22.5. The summed E-state index contributed by atoms with van der Waals surface area (Å²) in [4.78, 5) is 24.5. The number of hydrogen-bond acceptors (Lipinski definition) is 4. The number of carbonyl (C=O) groups excluding carboxylic acids is 2. The molecule has 1 aliphatic carbocycles. The average Bonchev–Trinajstić information content (AvgIpc) is 3.20. The number of methoxy groups -OCH3 is 1. The van der Waals surface area contributed by atoms with Crippen LogP contribution in [-0.4, -0.2) is 54.3 Å². The van der Waals surface area contributed by atoms with E-state index >= 15 is 4.39 Å². The first kappa shape index (κ1) is 27.7. The third-order valence-corrected chi connectivity index (χ3v) is 6.42. The van der Waals surface area contributed by atoms with Crippen LogP contribution < -0.4 is 5.32 Å². The third-order valence-electron chi connectivity index (χ3n) is 5.53. The van der Waals surface area contributed by atoms with Gasteiger partial charge in [-0.05, 0) is 12.5 Å². The van der Waals surface area contributed by atoms with E-state index in [4.69, 9.17) is 0 Å². The molecule has 2 aromatic rings. The van der Waals surface area contributed by atoms with Crippen LogP contribution in [0.3, 0.4) is 0 Å². The molecule has 1 aromatic heterocycles. The van der Waals surface area contributed by atoms with E-state index < -0.39 is 57.7 Å². The van der Waals surface area contributed by atoms with Crippen LogP contribution in [0.1, 0.15) is 15.9 Å². The predicted molar refractivity (Wildman–Crippen MR) is 103 cm³/mol. The standard InChI is InChI=1S/C20H12F11NO3S/c1-8-3-5-9(6-4-8)10-7-36-12(11(10)13(33)35-2)32-14(34)15(21)16(22,23)18(26,27)20(30,31)19(28,29)17(15,24)25/h3-7H,1-2H3,(H,32,34). The van der Waals surface area contributed by atoms with E-state index in [1.165, 1.54) is 24.3 Å². The molecule has 1 amide bonds. The number of nitrogens with one attached hydrogen (secondary N) is 1. The van der Waals surface area contributed by atoms with Crippen molar-refractivity contribution in [3.05, 3.63) is 40.8 Å². The molecule has 0 saturated heterocycles. The highest BCUT2D eigenvalue weighted by Crippen LogP contribution is 2.69. The maximum atomic E-state index is 15.0. The molecule has 198 valence electrons. The number of esters is 1. The molecule has 0 unspecified atom stereocenters. The Bertz CT molecular complexity index is 1180. The lowest BCUT2D eigenvalue weighted by molar-refractivity contribution is -0.475. The maximum absolute atomic E-state index is 15.0. The van der Waals surface area contributed by atoms with Gasteiger partial charge in [0.25, 0.3) is 5.91 Å². The van der Waals surface area contributed by atoms with Gasteiger partial charge in [0, 0.05) is 10.9 Å². The van der Waals surface area contributed by atoms with E-state index in [0.717, 1.165) is 23.4 Å². The number of ether oxygens (including phenoxy) is 1. The molecule has 1 aromatic carbocycles. The van der Waals surface area contributed by atoms with Gasteiger partial charge in [-0.1, -0.05) is 29.8 Å². The van der Waals surface area contributed by atoms with Gasteiger partial charge in [-0.3, -0.25) is 4.79 Å². The minimum Gasteiger partial charge on any atom is -0.465 e. The summed E-state index contributed by atoms with van der Waals surface area (Å²) in [5.74, 6) is -41.9. The lowest BCUT2D eigenvalue weighted by Crippen LogP contribution is -2.86. The Labute approximate surface area is 198 Å². The molecule has 4 nitrogen and oxygen atoms in total. The molecule has 36 heavy (non-hydrogen) atoms. The molecule has 1 saturated carbocycles. The van der Waals surface area contributed by atoms with Gasteiger partial charge in [-0.2, -0.15) is 43.9 Å². The number of hydrogen-bond donors (Lipinski definition) is 1. The van der Waals surface area contributed by atoms with Crippen molar-refractivity contribution in [3.8, 4) is 11.1 Å². The number of halogens is 11. The van der Waals surface area contributed by atoms with Crippen LogP contribution in [0.5, 0.6) is 0 Å². The summed E-state index contributed by atoms with van der Waals surface area (Å²) in [6, 6.07) is 5.85. The zero-order valence-electron chi connectivity index (χ0n) is 17.7. The number of aryl methyl sites for hydroxylation is 1. The summed E-state index contributed by atoms with van der Waals surface area (Å²) in [5.41, 5.74) is -6.88. The summed E-state index contributed by atoms with van der Waals surface area (Å²) in [7, 11) is 0.786. The van der Waals surface area contributed by atoms with Gasteiger partial charge >= 0.3 is 41.3 Å². The molecule has 0 radical (unpaired) electrons. The largest absolute Gasteiger partial charge is 0.465 e. The first-order valence-electron chi connectivity index (χ1n) is 9.40. The van der Waals surface area contributed by atoms with Gasteiger partial charge in [-0.15, -0.1) is 11.3 Å². The Morgan fingerprint density at radius 1 is 0.778 bits per heavy atom. The van der Waals surface area contributed by atoms with Crippen molar-refractivity contribution >= 4 is 28.2 Å². The van der Waals surface area contributed by atoms with E-state index in [2.05, 4.69) is 4.74 Å². The van der Waals surface area contributed by atoms with Crippen LogP contribution in [0, 0.1) is 6.92 Å². The first-order valence-corrected chi connectivity index (χ1v) is 10.3. The zero-order valence-corrected chi connectivity index (χ0v) is 18.5. The van der Waals surface area contributed by atoms with Gasteiger partial charge in [0.1, 0.15) is 10.6 Å². The lowest BCUT2D eigenvalue weighted by Gasteiger charge is -2.51. The number of benzene rings is 1. The van der Waals surface area contributed by atoms with Crippen LogP contribution in [0.2, 0.25) is 0 Å². The molecule has 0 bridgehead atoms. The predicted octanol–water partition coefficient (Wildman–Crippen LogP) is 6.35. The second kappa shape index (κ2) is 8.05. The number of rotatable bonds is 4. The van der Waals surface area contributed by atoms with Crippen molar-refractivity contribution in [1.82, 2.24) is 0 Å². The highest BCUT2D eigenvalue weighted by atomic mass is 32.1. The Morgan fingerprint density at radius 2 is 1.22 bits per heavy atom.